The van der Waals surface area contributed by atoms with E-state index in [4.69, 9.17) is 4.74 Å². The smallest absolute Gasteiger partial charge is 0.310 e. The minimum Gasteiger partial charge on any atom is -0.455 e. The van der Waals surface area contributed by atoms with E-state index in [0.29, 0.717) is 25.7 Å². The second-order valence-electron chi connectivity index (χ2n) is 10.6. The van der Waals surface area contributed by atoms with E-state index in [1.807, 2.05) is 72.8 Å². The van der Waals surface area contributed by atoms with Gasteiger partial charge in [-0.3, -0.25) is 14.4 Å². The molecular weight excluding hydrogens is 535 g/mol. The molecule has 3 aromatic rings. The third-order valence-corrected chi connectivity index (χ3v) is 7.34. The number of rotatable bonds is 9. The van der Waals surface area contributed by atoms with Gasteiger partial charge in [-0.05, 0) is 54.5 Å². The molecule has 1 aliphatic heterocycles. The van der Waals surface area contributed by atoms with Gasteiger partial charge in [0.15, 0.2) is 0 Å². The highest BCUT2D eigenvalue weighted by Gasteiger charge is 2.28. The molecule has 0 fully saturated rings. The summed E-state index contributed by atoms with van der Waals surface area (Å²) in [5.74, 6) is -2.57. The molecule has 0 spiro atoms. The first-order valence-corrected chi connectivity index (χ1v) is 14.3. The molecule has 8 heteroatoms. The average molecular weight is 573 g/mol. The van der Waals surface area contributed by atoms with Gasteiger partial charge in [0, 0.05) is 6.42 Å². The number of ether oxygens (including phenoxy) is 1. The Bertz CT molecular complexity index is 1330. The first-order valence-electron chi connectivity index (χ1n) is 14.3. The Kier molecular flexibility index (Phi) is 11.4. The van der Waals surface area contributed by atoms with Crippen molar-refractivity contribution in [3.8, 4) is 0 Å². The van der Waals surface area contributed by atoms with E-state index in [2.05, 4.69) is 10.6 Å². The predicted octanol–water partition coefficient (Wildman–Crippen LogP) is 4.46. The van der Waals surface area contributed by atoms with Crippen LogP contribution in [0.2, 0.25) is 0 Å². The van der Waals surface area contributed by atoms with Crippen LogP contribution in [-0.2, 0) is 32.0 Å². The summed E-state index contributed by atoms with van der Waals surface area (Å²) in [7, 11) is 0. The summed E-state index contributed by atoms with van der Waals surface area (Å²) in [5, 5.41) is 15.6. The van der Waals surface area contributed by atoms with E-state index in [1.165, 1.54) is 12.1 Å². The number of benzene rings is 3. The number of aliphatic hydroxyl groups excluding tert-OH is 1. The molecule has 1 aliphatic rings. The van der Waals surface area contributed by atoms with Gasteiger partial charge in [0.1, 0.15) is 11.9 Å². The lowest BCUT2D eigenvalue weighted by Gasteiger charge is -2.24. The summed E-state index contributed by atoms with van der Waals surface area (Å²) in [5.41, 5.74) is 2.53. The molecule has 0 unspecified atom stereocenters. The third kappa shape index (κ3) is 9.38. The molecule has 0 aliphatic carbocycles. The molecule has 7 nitrogen and oxygen atoms in total. The Morgan fingerprint density at radius 2 is 1.55 bits per heavy atom. The minimum absolute atomic E-state index is 0.0486. The summed E-state index contributed by atoms with van der Waals surface area (Å²) in [6.45, 7) is -0.177. The zero-order valence-corrected chi connectivity index (χ0v) is 23.5. The van der Waals surface area contributed by atoms with Gasteiger partial charge in [-0.15, -0.1) is 0 Å². The molecule has 4 rings (SSSR count). The molecule has 3 aromatic carbocycles. The SMILES string of the molecule is O=C(C[C@H]1C/C=C\C[C@H](Cc2ccc(F)cc2)C(=O)O[C@@H](c2ccccc2)CNC1=O)N[C@@H](CO)Cc1ccccc1. The van der Waals surface area contributed by atoms with Crippen molar-refractivity contribution in [3.05, 3.63) is 120 Å². The monoisotopic (exact) mass is 572 g/mol. The number of allylic oxidation sites excluding steroid dienone is 2. The van der Waals surface area contributed by atoms with Crippen LogP contribution in [0.4, 0.5) is 4.39 Å². The van der Waals surface area contributed by atoms with Crippen LogP contribution < -0.4 is 10.6 Å². The quantitative estimate of drug-likeness (QED) is 0.260. The maximum Gasteiger partial charge on any atom is 0.310 e. The van der Waals surface area contributed by atoms with Crippen LogP contribution in [0.15, 0.2) is 97.1 Å². The third-order valence-electron chi connectivity index (χ3n) is 7.34. The topological polar surface area (TPSA) is 105 Å². The Hall–Kier alpha value is -4.30. The summed E-state index contributed by atoms with van der Waals surface area (Å²) in [4.78, 5) is 39.6. The van der Waals surface area contributed by atoms with Gasteiger partial charge in [0.25, 0.3) is 0 Å². The van der Waals surface area contributed by atoms with E-state index in [1.54, 1.807) is 12.1 Å². The molecule has 0 saturated carbocycles. The van der Waals surface area contributed by atoms with Crippen molar-refractivity contribution in [1.29, 1.82) is 0 Å². The van der Waals surface area contributed by atoms with Crippen molar-refractivity contribution in [2.24, 2.45) is 11.8 Å². The normalized spacial score (nSPS) is 21.1. The maximum absolute atomic E-state index is 13.5. The van der Waals surface area contributed by atoms with Crippen molar-refractivity contribution in [2.75, 3.05) is 13.2 Å². The number of esters is 1. The van der Waals surface area contributed by atoms with Crippen molar-refractivity contribution in [1.82, 2.24) is 10.6 Å². The van der Waals surface area contributed by atoms with Gasteiger partial charge in [-0.2, -0.15) is 0 Å². The number of carbonyl (C=O) groups excluding carboxylic acids is 3. The molecule has 220 valence electrons. The van der Waals surface area contributed by atoms with Crippen molar-refractivity contribution in [3.63, 3.8) is 0 Å². The molecule has 0 aromatic heterocycles. The van der Waals surface area contributed by atoms with Crippen LogP contribution in [0, 0.1) is 17.7 Å². The fourth-order valence-corrected chi connectivity index (χ4v) is 5.01. The highest BCUT2D eigenvalue weighted by molar-refractivity contribution is 5.86. The van der Waals surface area contributed by atoms with E-state index < -0.39 is 30.0 Å². The van der Waals surface area contributed by atoms with Crippen LogP contribution >= 0.6 is 0 Å². The predicted molar refractivity (Wildman–Crippen MR) is 158 cm³/mol. The van der Waals surface area contributed by atoms with Gasteiger partial charge in [-0.1, -0.05) is 84.9 Å². The highest BCUT2D eigenvalue weighted by atomic mass is 19.1. The number of halogens is 1. The lowest BCUT2D eigenvalue weighted by Crippen LogP contribution is -2.42. The second-order valence-corrected chi connectivity index (χ2v) is 10.6. The van der Waals surface area contributed by atoms with E-state index in [-0.39, 0.29) is 37.2 Å². The number of hydrogen-bond acceptors (Lipinski definition) is 5. The van der Waals surface area contributed by atoms with Gasteiger partial charge < -0.3 is 20.5 Å². The lowest BCUT2D eigenvalue weighted by molar-refractivity contribution is -0.154. The van der Waals surface area contributed by atoms with Gasteiger partial charge in [-0.25, -0.2) is 4.39 Å². The van der Waals surface area contributed by atoms with E-state index in [0.717, 1.165) is 16.7 Å². The number of nitrogens with one attached hydrogen (secondary N) is 2. The summed E-state index contributed by atoms with van der Waals surface area (Å²) in [6, 6.07) is 24.3. The van der Waals surface area contributed by atoms with Crippen LogP contribution in [0.1, 0.15) is 42.1 Å². The van der Waals surface area contributed by atoms with Crippen LogP contribution in [0.25, 0.3) is 0 Å². The molecule has 2 amide bonds. The molecule has 0 saturated heterocycles. The fourth-order valence-electron chi connectivity index (χ4n) is 5.01. The summed E-state index contributed by atoms with van der Waals surface area (Å²) in [6.07, 6.45) is 4.37. The Morgan fingerprint density at radius 1 is 0.905 bits per heavy atom. The lowest BCUT2D eigenvalue weighted by atomic mass is 9.94. The number of carbonyl (C=O) groups is 3. The molecule has 42 heavy (non-hydrogen) atoms. The fraction of sp³-hybridized carbons (Fsp3) is 0.324. The van der Waals surface area contributed by atoms with Crippen LogP contribution in [0.3, 0.4) is 0 Å². The minimum atomic E-state index is -0.721. The first-order chi connectivity index (χ1) is 20.4. The molecule has 1 heterocycles. The molecule has 3 N–H and O–H groups in total. The molecule has 0 radical (unpaired) electrons. The maximum atomic E-state index is 13.5. The number of cyclic esters (lactones) is 1. The number of amides is 2. The largest absolute Gasteiger partial charge is 0.455 e. The molecular formula is C34H37FN2O5. The van der Waals surface area contributed by atoms with Gasteiger partial charge >= 0.3 is 5.97 Å². The number of aliphatic hydroxyl groups is 1. The molecule has 0 bridgehead atoms. The average Bonchev–Trinajstić information content (AvgIpc) is 3.00. The first kappa shape index (κ1) is 30.7. The summed E-state index contributed by atoms with van der Waals surface area (Å²) < 4.78 is 19.4. The Balaban J connectivity index is 1.48. The second kappa shape index (κ2) is 15.6. The standard InChI is InChI=1S/C34H37FN2O5/c35-29-17-15-25(16-18-29)19-28-14-8-7-13-27(21-32(39)37-30(23-38)20-24-9-3-1-4-10-24)33(40)36-22-31(42-34(28)41)26-11-5-2-6-12-26/h1-12,15-18,27-28,30-31,38H,13-14,19-23H2,(H,36,40)(H,37,39)/b8-7-/t27-,28-,30-,31-/m1/s1. The zero-order valence-electron chi connectivity index (χ0n) is 23.5. The Labute approximate surface area is 245 Å². The van der Waals surface area contributed by atoms with Crippen molar-refractivity contribution >= 4 is 17.8 Å². The van der Waals surface area contributed by atoms with E-state index in [9.17, 15) is 23.9 Å². The number of hydrogen-bond donors (Lipinski definition) is 3. The van der Waals surface area contributed by atoms with E-state index >= 15 is 0 Å². The zero-order chi connectivity index (χ0) is 29.7. The van der Waals surface area contributed by atoms with Crippen molar-refractivity contribution in [2.45, 2.75) is 44.2 Å². The van der Waals surface area contributed by atoms with Crippen LogP contribution in [0.5, 0.6) is 0 Å². The van der Waals surface area contributed by atoms with Crippen LogP contribution in [-0.4, -0.2) is 42.1 Å². The highest BCUT2D eigenvalue weighted by Crippen LogP contribution is 2.24. The van der Waals surface area contributed by atoms with Gasteiger partial charge in [0.2, 0.25) is 11.8 Å². The summed E-state index contributed by atoms with van der Waals surface area (Å²) >= 11 is 0. The van der Waals surface area contributed by atoms with Gasteiger partial charge in [0.05, 0.1) is 31.0 Å². The van der Waals surface area contributed by atoms with Crippen molar-refractivity contribution < 1.29 is 28.6 Å². The Morgan fingerprint density at radius 3 is 2.21 bits per heavy atom. The molecule has 4 atom stereocenters.